The Hall–Kier alpha value is -1.90. The first-order valence-corrected chi connectivity index (χ1v) is 8.12. The predicted octanol–water partition coefficient (Wildman–Crippen LogP) is 1.61. The van der Waals surface area contributed by atoms with Crippen molar-refractivity contribution in [2.75, 3.05) is 27.2 Å². The van der Waals surface area contributed by atoms with Crippen LogP contribution in [0.25, 0.3) is 0 Å². The second kappa shape index (κ2) is 8.09. The molecule has 23 heavy (non-hydrogen) atoms. The SMILES string of the molecule is CN(C)CCN(Cc1cccc(C#N)c1)C(=O)C1CCCC1O. The van der Waals surface area contributed by atoms with Crippen LogP contribution < -0.4 is 0 Å². The smallest absolute Gasteiger partial charge is 0.228 e. The van der Waals surface area contributed by atoms with Crippen LogP contribution in [0.4, 0.5) is 0 Å². The van der Waals surface area contributed by atoms with Crippen LogP contribution in [-0.4, -0.2) is 54.1 Å². The fourth-order valence-electron chi connectivity index (χ4n) is 3.01. The minimum Gasteiger partial charge on any atom is -0.392 e. The van der Waals surface area contributed by atoms with Gasteiger partial charge in [0.15, 0.2) is 0 Å². The summed E-state index contributed by atoms with van der Waals surface area (Å²) < 4.78 is 0. The summed E-state index contributed by atoms with van der Waals surface area (Å²) >= 11 is 0. The molecule has 0 aromatic heterocycles. The maximum absolute atomic E-state index is 12.8. The third-order valence-corrected chi connectivity index (χ3v) is 4.35. The van der Waals surface area contributed by atoms with Crippen molar-refractivity contribution in [2.45, 2.75) is 31.9 Å². The molecule has 124 valence electrons. The molecule has 0 radical (unpaired) electrons. The van der Waals surface area contributed by atoms with Crippen molar-refractivity contribution in [3.8, 4) is 6.07 Å². The van der Waals surface area contributed by atoms with Gasteiger partial charge in [-0.25, -0.2) is 0 Å². The number of carbonyl (C=O) groups is 1. The number of rotatable bonds is 6. The van der Waals surface area contributed by atoms with E-state index in [1.54, 1.807) is 6.07 Å². The van der Waals surface area contributed by atoms with Crippen LogP contribution in [0.2, 0.25) is 0 Å². The number of hydrogen-bond acceptors (Lipinski definition) is 4. The molecule has 0 spiro atoms. The van der Waals surface area contributed by atoms with E-state index in [1.165, 1.54) is 0 Å². The normalized spacial score (nSPS) is 20.5. The second-order valence-electron chi connectivity index (χ2n) is 6.48. The average Bonchev–Trinajstić information content (AvgIpc) is 2.96. The van der Waals surface area contributed by atoms with Crippen molar-refractivity contribution in [2.24, 2.45) is 5.92 Å². The summed E-state index contributed by atoms with van der Waals surface area (Å²) in [5, 5.41) is 19.1. The maximum Gasteiger partial charge on any atom is 0.228 e. The first-order valence-electron chi connectivity index (χ1n) is 8.12. The van der Waals surface area contributed by atoms with Crippen molar-refractivity contribution in [3.05, 3.63) is 35.4 Å². The van der Waals surface area contributed by atoms with E-state index in [-0.39, 0.29) is 11.8 Å². The lowest BCUT2D eigenvalue weighted by Crippen LogP contribution is -2.41. The van der Waals surface area contributed by atoms with E-state index >= 15 is 0 Å². The third-order valence-electron chi connectivity index (χ3n) is 4.35. The first-order chi connectivity index (χ1) is 11.0. The number of hydrogen-bond donors (Lipinski definition) is 1. The first kappa shape index (κ1) is 17.5. The Kier molecular flexibility index (Phi) is 6.14. The van der Waals surface area contributed by atoms with E-state index in [2.05, 4.69) is 6.07 Å². The maximum atomic E-state index is 12.8. The molecular weight excluding hydrogens is 290 g/mol. The van der Waals surface area contributed by atoms with Crippen LogP contribution >= 0.6 is 0 Å². The minimum atomic E-state index is -0.519. The lowest BCUT2D eigenvalue weighted by Gasteiger charge is -2.28. The minimum absolute atomic E-state index is 0.0270. The Morgan fingerprint density at radius 2 is 2.13 bits per heavy atom. The fraction of sp³-hybridized carbons (Fsp3) is 0.556. The van der Waals surface area contributed by atoms with Crippen molar-refractivity contribution >= 4 is 5.91 Å². The Morgan fingerprint density at radius 3 is 2.74 bits per heavy atom. The topological polar surface area (TPSA) is 67.6 Å². The van der Waals surface area contributed by atoms with Gasteiger partial charge in [0.1, 0.15) is 0 Å². The van der Waals surface area contributed by atoms with Gasteiger partial charge in [0, 0.05) is 19.6 Å². The zero-order valence-corrected chi connectivity index (χ0v) is 13.9. The molecule has 1 amide bonds. The summed E-state index contributed by atoms with van der Waals surface area (Å²) in [7, 11) is 3.95. The van der Waals surface area contributed by atoms with Gasteiger partial charge in [-0.3, -0.25) is 4.79 Å². The van der Waals surface area contributed by atoms with Crippen molar-refractivity contribution in [3.63, 3.8) is 0 Å². The van der Waals surface area contributed by atoms with Crippen LogP contribution in [0.3, 0.4) is 0 Å². The number of amides is 1. The fourth-order valence-corrected chi connectivity index (χ4v) is 3.01. The molecule has 1 aromatic carbocycles. The van der Waals surface area contributed by atoms with Crippen LogP contribution in [0.5, 0.6) is 0 Å². The Morgan fingerprint density at radius 1 is 1.35 bits per heavy atom. The van der Waals surface area contributed by atoms with Gasteiger partial charge < -0.3 is 14.9 Å². The molecule has 0 heterocycles. The number of carbonyl (C=O) groups excluding carboxylic acids is 1. The summed E-state index contributed by atoms with van der Waals surface area (Å²) in [4.78, 5) is 16.7. The predicted molar refractivity (Wildman–Crippen MR) is 88.5 cm³/mol. The summed E-state index contributed by atoms with van der Waals surface area (Å²) in [5.41, 5.74) is 1.55. The van der Waals surface area contributed by atoms with Gasteiger partial charge >= 0.3 is 0 Å². The number of nitriles is 1. The standard InChI is InChI=1S/C18H25N3O2/c1-20(2)9-10-21(18(23)16-7-4-8-17(16)22)13-15-6-3-5-14(11-15)12-19/h3,5-6,11,16-17,22H,4,7-10,13H2,1-2H3. The van der Waals surface area contributed by atoms with Crippen molar-refractivity contribution in [1.29, 1.82) is 5.26 Å². The van der Waals surface area contributed by atoms with E-state index in [9.17, 15) is 9.90 Å². The van der Waals surface area contributed by atoms with Gasteiger partial charge in [-0.2, -0.15) is 5.26 Å². The molecule has 0 bridgehead atoms. The molecule has 2 atom stereocenters. The molecule has 1 aliphatic rings. The monoisotopic (exact) mass is 315 g/mol. The van der Waals surface area contributed by atoms with Gasteiger partial charge in [-0.15, -0.1) is 0 Å². The zero-order valence-electron chi connectivity index (χ0n) is 13.9. The van der Waals surface area contributed by atoms with Crippen LogP contribution in [0, 0.1) is 17.2 Å². The van der Waals surface area contributed by atoms with Crippen molar-refractivity contribution < 1.29 is 9.90 Å². The lowest BCUT2D eigenvalue weighted by molar-refractivity contribution is -0.139. The summed E-state index contributed by atoms with van der Waals surface area (Å²) in [6.45, 7) is 1.86. The Balaban J connectivity index is 2.12. The van der Waals surface area contributed by atoms with Gasteiger partial charge in [0.25, 0.3) is 0 Å². The molecule has 1 fully saturated rings. The van der Waals surface area contributed by atoms with E-state index < -0.39 is 6.10 Å². The van der Waals surface area contributed by atoms with E-state index in [0.717, 1.165) is 24.9 Å². The molecule has 5 heteroatoms. The van der Waals surface area contributed by atoms with Crippen molar-refractivity contribution in [1.82, 2.24) is 9.80 Å². The van der Waals surface area contributed by atoms with E-state index in [0.29, 0.717) is 25.1 Å². The van der Waals surface area contributed by atoms with Gasteiger partial charge in [-0.1, -0.05) is 12.1 Å². The number of nitrogens with zero attached hydrogens (tertiary/aromatic N) is 3. The van der Waals surface area contributed by atoms with Crippen LogP contribution in [0.1, 0.15) is 30.4 Å². The quantitative estimate of drug-likeness (QED) is 0.866. The lowest BCUT2D eigenvalue weighted by atomic mass is 10.0. The highest BCUT2D eigenvalue weighted by Crippen LogP contribution is 2.27. The molecule has 1 aliphatic carbocycles. The second-order valence-corrected chi connectivity index (χ2v) is 6.48. The molecule has 0 saturated heterocycles. The van der Waals surface area contributed by atoms with Gasteiger partial charge in [-0.05, 0) is 51.1 Å². The molecule has 1 N–H and O–H groups in total. The largest absolute Gasteiger partial charge is 0.392 e. The molecule has 5 nitrogen and oxygen atoms in total. The summed E-state index contributed by atoms with van der Waals surface area (Å²) in [5.74, 6) is -0.254. The zero-order chi connectivity index (χ0) is 16.8. The van der Waals surface area contributed by atoms with E-state index in [4.69, 9.17) is 5.26 Å². The molecule has 2 rings (SSSR count). The Bertz CT molecular complexity index is 580. The van der Waals surface area contributed by atoms with Crippen LogP contribution in [0.15, 0.2) is 24.3 Å². The van der Waals surface area contributed by atoms with Crippen LogP contribution in [-0.2, 0) is 11.3 Å². The highest BCUT2D eigenvalue weighted by molar-refractivity contribution is 5.79. The molecule has 1 aromatic rings. The molecule has 2 unspecified atom stereocenters. The number of benzene rings is 1. The average molecular weight is 315 g/mol. The molecule has 1 saturated carbocycles. The highest BCUT2D eigenvalue weighted by Gasteiger charge is 2.34. The summed E-state index contributed by atoms with van der Waals surface area (Å²) in [6, 6.07) is 9.48. The van der Waals surface area contributed by atoms with E-state index in [1.807, 2.05) is 42.1 Å². The molecule has 0 aliphatic heterocycles. The highest BCUT2D eigenvalue weighted by atomic mass is 16.3. The Labute approximate surface area is 138 Å². The third kappa shape index (κ3) is 4.78. The summed E-state index contributed by atoms with van der Waals surface area (Å²) in [6.07, 6.45) is 1.86. The van der Waals surface area contributed by atoms with Gasteiger partial charge in [0.2, 0.25) is 5.91 Å². The van der Waals surface area contributed by atoms with Gasteiger partial charge in [0.05, 0.1) is 23.7 Å². The molecular formula is C18H25N3O2. The number of likely N-dealkylation sites (N-methyl/N-ethyl adjacent to an activating group) is 1. The number of aliphatic hydroxyl groups excluding tert-OH is 1. The number of aliphatic hydroxyl groups is 1.